The van der Waals surface area contributed by atoms with Crippen molar-refractivity contribution in [1.82, 2.24) is 14.7 Å². The number of rotatable bonds is 7. The van der Waals surface area contributed by atoms with Gasteiger partial charge in [-0.05, 0) is 41.8 Å². The lowest BCUT2D eigenvalue weighted by Gasteiger charge is -2.12. The highest BCUT2D eigenvalue weighted by Gasteiger charge is 2.31. The highest BCUT2D eigenvalue weighted by Crippen LogP contribution is 2.30. The Balaban J connectivity index is 1.48. The summed E-state index contributed by atoms with van der Waals surface area (Å²) in [7, 11) is -4.10. The zero-order valence-electron chi connectivity index (χ0n) is 16.4. The van der Waals surface area contributed by atoms with Crippen LogP contribution < -0.4 is 10.0 Å². The van der Waals surface area contributed by atoms with Crippen LogP contribution in [-0.2, 0) is 16.2 Å². The smallest absolute Gasteiger partial charge is 0.368 e. The van der Waals surface area contributed by atoms with E-state index in [0.29, 0.717) is 17.7 Å². The van der Waals surface area contributed by atoms with Crippen LogP contribution in [-0.4, -0.2) is 31.5 Å². The number of halogens is 3. The number of fused-ring (bicyclic) bond motifs is 1. The molecule has 4 rings (SSSR count). The van der Waals surface area contributed by atoms with Gasteiger partial charge in [0, 0.05) is 18.5 Å². The third kappa shape index (κ3) is 4.90. The summed E-state index contributed by atoms with van der Waals surface area (Å²) in [6.45, 7) is 0.119. The van der Waals surface area contributed by atoms with E-state index in [4.69, 9.17) is 0 Å². The Labute approximate surface area is 186 Å². The molecule has 2 aromatic heterocycles. The molecule has 0 fully saturated rings. The van der Waals surface area contributed by atoms with Crippen LogP contribution in [0.5, 0.6) is 0 Å². The quantitative estimate of drug-likeness (QED) is 0.374. The molecule has 0 atom stereocenters. The summed E-state index contributed by atoms with van der Waals surface area (Å²) in [5, 5.41) is 5.79. The molecule has 166 valence electrons. The monoisotopic (exact) mass is 478 g/mol. The van der Waals surface area contributed by atoms with Crippen molar-refractivity contribution in [2.24, 2.45) is 0 Å². The van der Waals surface area contributed by atoms with Crippen molar-refractivity contribution < 1.29 is 21.6 Å². The first kappa shape index (κ1) is 22.2. The number of sulfonamides is 1. The van der Waals surface area contributed by atoms with E-state index >= 15 is 0 Å². The largest absolute Gasteiger partial charge is 0.416 e. The van der Waals surface area contributed by atoms with Gasteiger partial charge in [0.2, 0.25) is 10.0 Å². The molecule has 0 aliphatic rings. The van der Waals surface area contributed by atoms with E-state index in [0.717, 1.165) is 34.0 Å². The Morgan fingerprint density at radius 1 is 0.938 bits per heavy atom. The molecule has 0 aliphatic carbocycles. The standard InChI is InChI=1S/C21H17F3N4O2S2/c22-21(23,24)14-5-3-6-15(13-14)32(29,30)26-11-10-25-19-16-7-1-2-8-17(16)27-20(28-19)18-9-4-12-31-18/h1-9,12-13,26H,10-11H2,(H,25,27,28). The third-order valence-corrected chi connectivity index (χ3v) is 6.85. The van der Waals surface area contributed by atoms with Gasteiger partial charge in [-0.2, -0.15) is 13.2 Å². The van der Waals surface area contributed by atoms with Crippen molar-refractivity contribution in [3.05, 3.63) is 71.6 Å². The number of hydrogen-bond donors (Lipinski definition) is 2. The van der Waals surface area contributed by atoms with Gasteiger partial charge < -0.3 is 5.32 Å². The molecular formula is C21H17F3N4O2S2. The number of para-hydroxylation sites is 1. The van der Waals surface area contributed by atoms with Gasteiger partial charge >= 0.3 is 6.18 Å². The maximum absolute atomic E-state index is 12.9. The Bertz CT molecular complexity index is 1340. The first-order chi connectivity index (χ1) is 15.2. The van der Waals surface area contributed by atoms with Crippen LogP contribution in [0.3, 0.4) is 0 Å². The molecular weight excluding hydrogens is 461 g/mol. The number of benzene rings is 2. The minimum Gasteiger partial charge on any atom is -0.368 e. The number of anilines is 1. The predicted molar refractivity (Wildman–Crippen MR) is 118 cm³/mol. The molecule has 0 bridgehead atoms. The van der Waals surface area contributed by atoms with Gasteiger partial charge in [0.25, 0.3) is 0 Å². The van der Waals surface area contributed by atoms with Crippen molar-refractivity contribution in [1.29, 1.82) is 0 Å². The SMILES string of the molecule is O=S(=O)(NCCNc1nc(-c2cccs2)nc2ccccc12)c1cccc(C(F)(F)F)c1. The van der Waals surface area contributed by atoms with Crippen LogP contribution in [0.1, 0.15) is 5.56 Å². The Morgan fingerprint density at radius 3 is 2.50 bits per heavy atom. The lowest BCUT2D eigenvalue weighted by molar-refractivity contribution is -0.137. The Kier molecular flexibility index (Phi) is 6.13. The normalized spacial score (nSPS) is 12.2. The van der Waals surface area contributed by atoms with E-state index in [-0.39, 0.29) is 13.1 Å². The average Bonchev–Trinajstić information content (AvgIpc) is 3.31. The van der Waals surface area contributed by atoms with Crippen molar-refractivity contribution >= 4 is 38.1 Å². The molecule has 2 N–H and O–H groups in total. The summed E-state index contributed by atoms with van der Waals surface area (Å²) in [5.74, 6) is 1.09. The second-order valence-corrected chi connectivity index (χ2v) is 9.46. The molecule has 0 saturated carbocycles. The van der Waals surface area contributed by atoms with E-state index in [1.165, 1.54) is 11.3 Å². The van der Waals surface area contributed by atoms with Gasteiger partial charge in [-0.3, -0.25) is 0 Å². The molecule has 0 saturated heterocycles. The lowest BCUT2D eigenvalue weighted by atomic mass is 10.2. The Hall–Kier alpha value is -3.02. The van der Waals surface area contributed by atoms with Crippen LogP contribution in [0, 0.1) is 0 Å². The molecule has 0 unspecified atom stereocenters. The van der Waals surface area contributed by atoms with E-state index < -0.39 is 26.7 Å². The number of thiophene rings is 1. The van der Waals surface area contributed by atoms with Gasteiger partial charge in [0.1, 0.15) is 5.82 Å². The number of nitrogens with zero attached hydrogens (tertiary/aromatic N) is 2. The van der Waals surface area contributed by atoms with E-state index in [1.54, 1.807) is 0 Å². The summed E-state index contributed by atoms with van der Waals surface area (Å²) in [4.78, 5) is 9.58. The van der Waals surface area contributed by atoms with Crippen molar-refractivity contribution in [3.8, 4) is 10.7 Å². The zero-order valence-corrected chi connectivity index (χ0v) is 18.1. The summed E-state index contributed by atoms with van der Waals surface area (Å²) >= 11 is 1.50. The highest BCUT2D eigenvalue weighted by atomic mass is 32.2. The van der Waals surface area contributed by atoms with Crippen LogP contribution in [0.15, 0.2) is 70.9 Å². The van der Waals surface area contributed by atoms with Gasteiger partial charge in [0.15, 0.2) is 5.82 Å². The molecule has 0 aliphatic heterocycles. The van der Waals surface area contributed by atoms with E-state index in [1.807, 2.05) is 41.8 Å². The average molecular weight is 479 g/mol. The highest BCUT2D eigenvalue weighted by molar-refractivity contribution is 7.89. The van der Waals surface area contributed by atoms with Crippen LogP contribution >= 0.6 is 11.3 Å². The third-order valence-electron chi connectivity index (χ3n) is 4.53. The molecule has 11 heteroatoms. The van der Waals surface area contributed by atoms with Gasteiger partial charge in [-0.15, -0.1) is 11.3 Å². The molecule has 4 aromatic rings. The van der Waals surface area contributed by atoms with Gasteiger partial charge in [-0.25, -0.2) is 23.1 Å². The first-order valence-corrected chi connectivity index (χ1v) is 11.8. The molecule has 0 amide bonds. The molecule has 0 spiro atoms. The number of aromatic nitrogens is 2. The fraction of sp³-hybridized carbons (Fsp3) is 0.143. The van der Waals surface area contributed by atoms with Crippen LogP contribution in [0.4, 0.5) is 19.0 Å². The maximum Gasteiger partial charge on any atom is 0.416 e. The van der Waals surface area contributed by atoms with Gasteiger partial charge in [0.05, 0.1) is 20.9 Å². The first-order valence-electron chi connectivity index (χ1n) is 9.45. The minimum absolute atomic E-state index is 0.0504. The fourth-order valence-electron chi connectivity index (χ4n) is 3.02. The number of hydrogen-bond acceptors (Lipinski definition) is 6. The second kappa shape index (κ2) is 8.85. The topological polar surface area (TPSA) is 84.0 Å². The van der Waals surface area contributed by atoms with Crippen LogP contribution in [0.2, 0.25) is 0 Å². The van der Waals surface area contributed by atoms with E-state index in [2.05, 4.69) is 20.0 Å². The van der Waals surface area contributed by atoms with Crippen LogP contribution in [0.25, 0.3) is 21.6 Å². The summed E-state index contributed by atoms with van der Waals surface area (Å²) in [6.07, 6.45) is -4.62. The predicted octanol–water partition coefficient (Wildman–Crippen LogP) is 4.77. The van der Waals surface area contributed by atoms with Gasteiger partial charge in [-0.1, -0.05) is 24.3 Å². The number of nitrogens with one attached hydrogen (secondary N) is 2. The fourth-order valence-corrected chi connectivity index (χ4v) is 4.75. The summed E-state index contributed by atoms with van der Waals surface area (Å²) < 4.78 is 65.8. The Morgan fingerprint density at radius 2 is 1.75 bits per heavy atom. The lowest BCUT2D eigenvalue weighted by Crippen LogP contribution is -2.29. The molecule has 6 nitrogen and oxygen atoms in total. The van der Waals surface area contributed by atoms with Crippen molar-refractivity contribution in [2.45, 2.75) is 11.1 Å². The molecule has 0 radical (unpaired) electrons. The maximum atomic E-state index is 12.9. The zero-order chi connectivity index (χ0) is 22.8. The van der Waals surface area contributed by atoms with Crippen molar-refractivity contribution in [2.75, 3.05) is 18.4 Å². The summed E-state index contributed by atoms with van der Waals surface area (Å²) in [6, 6.07) is 14.8. The number of alkyl halides is 3. The molecule has 2 heterocycles. The summed E-state index contributed by atoms with van der Waals surface area (Å²) in [5.41, 5.74) is -0.287. The molecule has 32 heavy (non-hydrogen) atoms. The minimum atomic E-state index is -4.62. The van der Waals surface area contributed by atoms with Crippen molar-refractivity contribution in [3.63, 3.8) is 0 Å². The second-order valence-electron chi connectivity index (χ2n) is 6.74. The molecule has 2 aromatic carbocycles. The van der Waals surface area contributed by atoms with E-state index in [9.17, 15) is 21.6 Å².